The van der Waals surface area contributed by atoms with Gasteiger partial charge in [-0.2, -0.15) is 13.2 Å². The summed E-state index contributed by atoms with van der Waals surface area (Å²) in [5.41, 5.74) is -1.15. The lowest BCUT2D eigenvalue weighted by atomic mass is 10.00. The third kappa shape index (κ3) is 2.82. The van der Waals surface area contributed by atoms with Gasteiger partial charge in [0, 0.05) is 25.3 Å². The Hall–Kier alpha value is -1.41. The van der Waals surface area contributed by atoms with Crippen LogP contribution in [0.15, 0.2) is 6.20 Å². The summed E-state index contributed by atoms with van der Waals surface area (Å²) in [5.74, 6) is -0.547. The zero-order valence-electron chi connectivity index (χ0n) is 10.8. The first-order valence-electron chi connectivity index (χ1n) is 6.47. The van der Waals surface area contributed by atoms with E-state index < -0.39 is 22.8 Å². The number of nitrogens with zero attached hydrogens (tertiary/aromatic N) is 3. The highest BCUT2D eigenvalue weighted by molar-refractivity contribution is 6.30. The van der Waals surface area contributed by atoms with E-state index in [2.05, 4.69) is 20.2 Å². The van der Waals surface area contributed by atoms with Crippen molar-refractivity contribution in [2.75, 3.05) is 19.6 Å². The molecule has 3 atom stereocenters. The number of piperidine rings is 1. The molecule has 3 unspecified atom stereocenters. The van der Waals surface area contributed by atoms with Crippen molar-refractivity contribution in [1.29, 1.82) is 0 Å². The molecule has 2 aliphatic rings. The first-order valence-corrected chi connectivity index (χ1v) is 6.85. The fraction of sp³-hybridized carbons (Fsp3) is 0.583. The second-order valence-electron chi connectivity index (χ2n) is 5.28. The molecule has 2 saturated heterocycles. The zero-order chi connectivity index (χ0) is 15.2. The number of amides is 1. The first kappa shape index (κ1) is 14.5. The Bertz CT molecular complexity index is 580. The van der Waals surface area contributed by atoms with Gasteiger partial charge in [-0.3, -0.25) is 4.79 Å². The van der Waals surface area contributed by atoms with Gasteiger partial charge >= 0.3 is 6.18 Å². The van der Waals surface area contributed by atoms with Gasteiger partial charge in [0.05, 0.1) is 0 Å². The summed E-state index contributed by atoms with van der Waals surface area (Å²) in [4.78, 5) is 21.1. The molecule has 3 rings (SSSR count). The number of rotatable bonds is 2. The van der Waals surface area contributed by atoms with Crippen LogP contribution < -0.4 is 5.32 Å². The number of alkyl halides is 3. The molecule has 2 aliphatic heterocycles. The molecule has 0 radical (unpaired) electrons. The standard InChI is InChI=1S/C12H12ClF3N4O/c13-9-7(12(14,15)16)3-17-10(19-9)11(21)18-8-5-20-2-1-6(8)4-20/h3,6,8H,1-2,4-5H2,(H,18,21). The maximum atomic E-state index is 12.5. The Balaban J connectivity index is 1.72. The van der Waals surface area contributed by atoms with E-state index in [-0.39, 0.29) is 11.9 Å². The molecule has 0 aliphatic carbocycles. The SMILES string of the molecule is O=C(NC1CN2CCC1C2)c1ncc(C(F)(F)F)c(Cl)n1. The molecule has 0 spiro atoms. The van der Waals surface area contributed by atoms with Gasteiger partial charge in [-0.1, -0.05) is 11.6 Å². The number of aromatic nitrogens is 2. The van der Waals surface area contributed by atoms with Crippen LogP contribution in [0, 0.1) is 5.92 Å². The van der Waals surface area contributed by atoms with Crippen LogP contribution in [0.4, 0.5) is 13.2 Å². The molecular formula is C12H12ClF3N4O. The molecule has 114 valence electrons. The molecule has 0 saturated carbocycles. The summed E-state index contributed by atoms with van der Waals surface area (Å²) >= 11 is 5.48. The van der Waals surface area contributed by atoms with Crippen molar-refractivity contribution >= 4 is 17.5 Å². The van der Waals surface area contributed by atoms with Crippen LogP contribution in [0.2, 0.25) is 5.15 Å². The minimum absolute atomic E-state index is 0.00378. The minimum Gasteiger partial charge on any atom is -0.345 e. The van der Waals surface area contributed by atoms with Crippen molar-refractivity contribution in [3.8, 4) is 0 Å². The average Bonchev–Trinajstić information content (AvgIpc) is 2.99. The lowest BCUT2D eigenvalue weighted by Gasteiger charge is -2.22. The average molecular weight is 321 g/mol. The van der Waals surface area contributed by atoms with Crippen LogP contribution in [0.5, 0.6) is 0 Å². The minimum atomic E-state index is -4.63. The number of carbonyl (C=O) groups excluding carboxylic acids is 1. The maximum Gasteiger partial charge on any atom is 0.420 e. The van der Waals surface area contributed by atoms with Crippen molar-refractivity contribution < 1.29 is 18.0 Å². The van der Waals surface area contributed by atoms with Crippen LogP contribution in [0.3, 0.4) is 0 Å². The fourth-order valence-electron chi connectivity index (χ4n) is 2.84. The third-order valence-corrected chi connectivity index (χ3v) is 4.19. The summed E-state index contributed by atoms with van der Waals surface area (Å²) in [5, 5.41) is 2.00. The van der Waals surface area contributed by atoms with E-state index in [1.165, 1.54) is 0 Å². The lowest BCUT2D eigenvalue weighted by molar-refractivity contribution is -0.138. The second-order valence-corrected chi connectivity index (χ2v) is 5.64. The van der Waals surface area contributed by atoms with E-state index >= 15 is 0 Å². The molecule has 1 aromatic rings. The maximum absolute atomic E-state index is 12.5. The number of fused-ring (bicyclic) bond motifs is 2. The molecule has 21 heavy (non-hydrogen) atoms. The second kappa shape index (κ2) is 5.10. The highest BCUT2D eigenvalue weighted by atomic mass is 35.5. The van der Waals surface area contributed by atoms with Crippen molar-refractivity contribution in [2.45, 2.75) is 18.6 Å². The predicted octanol–water partition coefficient (Wildman–Crippen LogP) is 1.58. The van der Waals surface area contributed by atoms with Gasteiger partial charge in [0.25, 0.3) is 5.91 Å². The van der Waals surface area contributed by atoms with Crippen molar-refractivity contribution in [2.24, 2.45) is 5.92 Å². The normalized spacial score (nSPS) is 27.9. The molecule has 1 aromatic heterocycles. The quantitative estimate of drug-likeness (QED) is 0.841. The van der Waals surface area contributed by atoms with Gasteiger partial charge in [-0.25, -0.2) is 9.97 Å². The van der Waals surface area contributed by atoms with Gasteiger partial charge < -0.3 is 10.2 Å². The van der Waals surface area contributed by atoms with Crippen LogP contribution in [-0.4, -0.2) is 46.5 Å². The Kier molecular flexibility index (Phi) is 3.53. The monoisotopic (exact) mass is 320 g/mol. The predicted molar refractivity (Wildman–Crippen MR) is 67.8 cm³/mol. The first-order chi connectivity index (χ1) is 9.84. The summed E-state index contributed by atoms with van der Waals surface area (Å²) in [6, 6.07) is -0.00378. The lowest BCUT2D eigenvalue weighted by Crippen LogP contribution is -2.43. The molecule has 2 bridgehead atoms. The van der Waals surface area contributed by atoms with E-state index in [9.17, 15) is 18.0 Å². The fourth-order valence-corrected chi connectivity index (χ4v) is 3.08. The Morgan fingerprint density at radius 1 is 1.43 bits per heavy atom. The highest BCUT2D eigenvalue weighted by Gasteiger charge is 2.39. The van der Waals surface area contributed by atoms with Crippen molar-refractivity contribution in [3.63, 3.8) is 0 Å². The summed E-state index contributed by atoms with van der Waals surface area (Å²) < 4.78 is 37.6. The zero-order valence-corrected chi connectivity index (χ0v) is 11.6. The Labute approximate surface area is 123 Å². The van der Waals surface area contributed by atoms with Crippen LogP contribution in [0.1, 0.15) is 22.6 Å². The van der Waals surface area contributed by atoms with Crippen LogP contribution in [0.25, 0.3) is 0 Å². The number of carbonyl (C=O) groups is 1. The van der Waals surface area contributed by atoms with Gasteiger partial charge in [0.2, 0.25) is 5.82 Å². The topological polar surface area (TPSA) is 58.1 Å². The van der Waals surface area contributed by atoms with Crippen LogP contribution >= 0.6 is 11.6 Å². The van der Waals surface area contributed by atoms with Crippen LogP contribution in [-0.2, 0) is 6.18 Å². The number of nitrogens with one attached hydrogen (secondary N) is 1. The largest absolute Gasteiger partial charge is 0.420 e. The number of hydrogen-bond acceptors (Lipinski definition) is 4. The summed E-state index contributed by atoms with van der Waals surface area (Å²) in [6.07, 6.45) is -3.09. The van der Waals surface area contributed by atoms with Gasteiger partial charge in [0.1, 0.15) is 10.7 Å². The van der Waals surface area contributed by atoms with Gasteiger partial charge in [-0.15, -0.1) is 0 Å². The highest BCUT2D eigenvalue weighted by Crippen LogP contribution is 2.33. The molecular weight excluding hydrogens is 309 g/mol. The molecule has 5 nitrogen and oxygen atoms in total. The molecule has 1 amide bonds. The molecule has 1 N–H and O–H groups in total. The van der Waals surface area contributed by atoms with Gasteiger partial charge in [-0.05, 0) is 18.9 Å². The molecule has 2 fully saturated rings. The van der Waals surface area contributed by atoms with Crippen molar-refractivity contribution in [1.82, 2.24) is 20.2 Å². The van der Waals surface area contributed by atoms with E-state index in [0.29, 0.717) is 12.1 Å². The molecule has 0 aromatic carbocycles. The Morgan fingerprint density at radius 3 is 2.71 bits per heavy atom. The van der Waals surface area contributed by atoms with E-state index in [1.54, 1.807) is 0 Å². The summed E-state index contributed by atoms with van der Waals surface area (Å²) in [7, 11) is 0. The van der Waals surface area contributed by atoms with E-state index in [1.807, 2.05) is 0 Å². The van der Waals surface area contributed by atoms with Crippen molar-refractivity contribution in [3.05, 3.63) is 22.7 Å². The third-order valence-electron chi connectivity index (χ3n) is 3.90. The van der Waals surface area contributed by atoms with E-state index in [0.717, 1.165) is 26.1 Å². The van der Waals surface area contributed by atoms with E-state index in [4.69, 9.17) is 11.6 Å². The summed E-state index contributed by atoms with van der Waals surface area (Å²) in [6.45, 7) is 2.73. The number of hydrogen-bond donors (Lipinski definition) is 1. The Morgan fingerprint density at radius 2 is 2.19 bits per heavy atom. The molecule has 9 heteroatoms. The molecule has 3 heterocycles. The van der Waals surface area contributed by atoms with Gasteiger partial charge in [0.15, 0.2) is 0 Å². The smallest absolute Gasteiger partial charge is 0.345 e. The number of halogens is 4.